The van der Waals surface area contributed by atoms with Crippen LogP contribution in [0.25, 0.3) is 0 Å². The van der Waals surface area contributed by atoms with Crippen molar-refractivity contribution in [3.8, 4) is 0 Å². The third-order valence-corrected chi connectivity index (χ3v) is 3.40. The topological polar surface area (TPSA) is 29.1 Å². The van der Waals surface area contributed by atoms with E-state index in [4.69, 9.17) is 0 Å². The van der Waals surface area contributed by atoms with E-state index < -0.39 is 0 Å². The minimum Gasteiger partial charge on any atom is -0.349 e. The molecular formula is C16H16BrNO. The molecule has 2 aromatic rings. The van der Waals surface area contributed by atoms with Crippen LogP contribution in [-0.2, 0) is 6.42 Å². The molecule has 0 radical (unpaired) electrons. The van der Waals surface area contributed by atoms with Gasteiger partial charge in [0.15, 0.2) is 0 Å². The van der Waals surface area contributed by atoms with Crippen LogP contribution in [0.4, 0.5) is 0 Å². The Balaban J connectivity index is 1.93. The third-order valence-electron chi connectivity index (χ3n) is 2.87. The molecule has 0 saturated heterocycles. The molecule has 0 heterocycles. The van der Waals surface area contributed by atoms with Crippen molar-refractivity contribution in [2.45, 2.75) is 19.4 Å². The number of carbonyl (C=O) groups is 1. The number of hydrogen-bond acceptors (Lipinski definition) is 1. The third kappa shape index (κ3) is 4.21. The van der Waals surface area contributed by atoms with Gasteiger partial charge in [0.2, 0.25) is 0 Å². The van der Waals surface area contributed by atoms with Crippen molar-refractivity contribution in [2.24, 2.45) is 0 Å². The van der Waals surface area contributed by atoms with Gasteiger partial charge < -0.3 is 5.32 Å². The highest BCUT2D eigenvalue weighted by Crippen LogP contribution is 2.11. The Morgan fingerprint density at radius 1 is 1.11 bits per heavy atom. The Hall–Kier alpha value is -1.61. The summed E-state index contributed by atoms with van der Waals surface area (Å²) in [4.78, 5) is 12.0. The minimum absolute atomic E-state index is 0.0315. The first-order valence-corrected chi connectivity index (χ1v) is 7.05. The average Bonchev–Trinajstić information content (AvgIpc) is 2.40. The molecule has 0 aromatic heterocycles. The summed E-state index contributed by atoms with van der Waals surface area (Å²) < 4.78 is 0.974. The Morgan fingerprint density at radius 3 is 2.37 bits per heavy atom. The van der Waals surface area contributed by atoms with Crippen LogP contribution in [0.3, 0.4) is 0 Å². The van der Waals surface area contributed by atoms with E-state index in [1.807, 2.05) is 49.4 Å². The molecule has 1 amide bonds. The van der Waals surface area contributed by atoms with Gasteiger partial charge >= 0.3 is 0 Å². The molecule has 0 spiro atoms. The molecule has 3 heteroatoms. The first kappa shape index (κ1) is 13.8. The van der Waals surface area contributed by atoms with E-state index in [2.05, 4.69) is 33.4 Å². The molecule has 1 N–H and O–H groups in total. The number of amides is 1. The van der Waals surface area contributed by atoms with Gasteiger partial charge in [0.25, 0.3) is 5.91 Å². The van der Waals surface area contributed by atoms with Crippen LogP contribution in [0.1, 0.15) is 22.8 Å². The number of halogens is 1. The standard InChI is InChI=1S/C16H16BrNO/c1-12(11-13-5-3-2-4-6-13)18-16(19)14-7-9-15(17)10-8-14/h2-10,12H,11H2,1H3,(H,18,19)/t12-/m0/s1. The van der Waals surface area contributed by atoms with Crippen molar-refractivity contribution >= 4 is 21.8 Å². The monoisotopic (exact) mass is 317 g/mol. The maximum absolute atomic E-state index is 12.0. The first-order chi connectivity index (χ1) is 9.15. The van der Waals surface area contributed by atoms with Crippen LogP contribution in [0.5, 0.6) is 0 Å². The summed E-state index contributed by atoms with van der Waals surface area (Å²) in [7, 11) is 0. The lowest BCUT2D eigenvalue weighted by Crippen LogP contribution is -2.34. The molecule has 0 aliphatic carbocycles. The van der Waals surface area contributed by atoms with Crippen molar-refractivity contribution in [3.63, 3.8) is 0 Å². The van der Waals surface area contributed by atoms with Gasteiger partial charge in [-0.05, 0) is 43.2 Å². The molecule has 0 unspecified atom stereocenters. The fraction of sp³-hybridized carbons (Fsp3) is 0.188. The van der Waals surface area contributed by atoms with Crippen molar-refractivity contribution in [1.29, 1.82) is 0 Å². The maximum Gasteiger partial charge on any atom is 0.251 e. The largest absolute Gasteiger partial charge is 0.349 e. The normalized spacial score (nSPS) is 11.9. The van der Waals surface area contributed by atoms with E-state index in [0.717, 1.165) is 10.9 Å². The molecule has 0 fully saturated rings. The van der Waals surface area contributed by atoms with E-state index in [0.29, 0.717) is 5.56 Å². The van der Waals surface area contributed by atoms with Crippen molar-refractivity contribution < 1.29 is 4.79 Å². The van der Waals surface area contributed by atoms with E-state index in [9.17, 15) is 4.79 Å². The lowest BCUT2D eigenvalue weighted by molar-refractivity contribution is 0.0940. The highest BCUT2D eigenvalue weighted by atomic mass is 79.9. The number of rotatable bonds is 4. The second kappa shape index (κ2) is 6.53. The van der Waals surface area contributed by atoms with Crippen LogP contribution in [-0.4, -0.2) is 11.9 Å². The minimum atomic E-state index is -0.0315. The molecule has 0 bridgehead atoms. The van der Waals surface area contributed by atoms with Gasteiger partial charge in [-0.25, -0.2) is 0 Å². The molecule has 0 aliphatic heterocycles. The Kier molecular flexibility index (Phi) is 4.74. The van der Waals surface area contributed by atoms with Crippen LogP contribution in [0, 0.1) is 0 Å². The summed E-state index contributed by atoms with van der Waals surface area (Å²) in [6, 6.07) is 17.6. The first-order valence-electron chi connectivity index (χ1n) is 6.25. The van der Waals surface area contributed by atoms with Gasteiger partial charge in [0, 0.05) is 16.1 Å². The fourth-order valence-electron chi connectivity index (χ4n) is 1.93. The van der Waals surface area contributed by atoms with Crippen molar-refractivity contribution in [2.75, 3.05) is 0 Å². The van der Waals surface area contributed by atoms with Gasteiger partial charge in [0.1, 0.15) is 0 Å². The average molecular weight is 318 g/mol. The van der Waals surface area contributed by atoms with E-state index >= 15 is 0 Å². The second-order valence-electron chi connectivity index (χ2n) is 4.57. The highest BCUT2D eigenvalue weighted by molar-refractivity contribution is 9.10. The molecule has 2 nitrogen and oxygen atoms in total. The Labute approximate surface area is 122 Å². The molecule has 2 aromatic carbocycles. The van der Waals surface area contributed by atoms with Crippen LogP contribution in [0.15, 0.2) is 59.1 Å². The summed E-state index contributed by atoms with van der Waals surface area (Å²) in [6.45, 7) is 2.02. The fourth-order valence-corrected chi connectivity index (χ4v) is 2.19. The smallest absolute Gasteiger partial charge is 0.251 e. The molecule has 0 saturated carbocycles. The zero-order valence-corrected chi connectivity index (χ0v) is 12.4. The Morgan fingerprint density at radius 2 is 1.74 bits per heavy atom. The van der Waals surface area contributed by atoms with Crippen molar-refractivity contribution in [1.82, 2.24) is 5.32 Å². The summed E-state index contributed by atoms with van der Waals surface area (Å²) in [5, 5.41) is 3.01. The summed E-state index contributed by atoms with van der Waals surface area (Å²) in [5.74, 6) is -0.0315. The van der Waals surface area contributed by atoms with Crippen LogP contribution >= 0.6 is 15.9 Å². The van der Waals surface area contributed by atoms with Gasteiger partial charge in [0.05, 0.1) is 0 Å². The summed E-state index contributed by atoms with van der Waals surface area (Å²) >= 11 is 3.36. The number of nitrogens with one attached hydrogen (secondary N) is 1. The Bertz CT molecular complexity index is 536. The maximum atomic E-state index is 12.0. The molecule has 2 rings (SSSR count). The lowest BCUT2D eigenvalue weighted by atomic mass is 10.1. The van der Waals surface area contributed by atoms with E-state index in [1.165, 1.54) is 5.56 Å². The van der Waals surface area contributed by atoms with Crippen LogP contribution < -0.4 is 5.32 Å². The highest BCUT2D eigenvalue weighted by Gasteiger charge is 2.09. The number of benzene rings is 2. The van der Waals surface area contributed by atoms with E-state index in [1.54, 1.807) is 0 Å². The number of hydrogen-bond donors (Lipinski definition) is 1. The molecule has 19 heavy (non-hydrogen) atoms. The second-order valence-corrected chi connectivity index (χ2v) is 5.49. The SMILES string of the molecule is C[C@@H](Cc1ccccc1)NC(=O)c1ccc(Br)cc1. The predicted molar refractivity (Wildman–Crippen MR) is 81.2 cm³/mol. The van der Waals surface area contributed by atoms with E-state index in [-0.39, 0.29) is 11.9 Å². The predicted octanol–water partition coefficient (Wildman–Crippen LogP) is 3.81. The summed E-state index contributed by atoms with van der Waals surface area (Å²) in [6.07, 6.45) is 0.836. The van der Waals surface area contributed by atoms with Gasteiger partial charge in [-0.2, -0.15) is 0 Å². The molecular weight excluding hydrogens is 302 g/mol. The van der Waals surface area contributed by atoms with Crippen LogP contribution in [0.2, 0.25) is 0 Å². The molecule has 0 aliphatic rings. The summed E-state index contributed by atoms with van der Waals surface area (Å²) in [5.41, 5.74) is 1.91. The number of carbonyl (C=O) groups excluding carboxylic acids is 1. The van der Waals surface area contributed by atoms with Gasteiger partial charge in [-0.3, -0.25) is 4.79 Å². The van der Waals surface area contributed by atoms with Gasteiger partial charge in [-0.15, -0.1) is 0 Å². The zero-order chi connectivity index (χ0) is 13.7. The van der Waals surface area contributed by atoms with Gasteiger partial charge in [-0.1, -0.05) is 46.3 Å². The lowest BCUT2D eigenvalue weighted by Gasteiger charge is -2.14. The quantitative estimate of drug-likeness (QED) is 0.912. The molecule has 1 atom stereocenters. The van der Waals surface area contributed by atoms with Crippen molar-refractivity contribution in [3.05, 3.63) is 70.2 Å². The molecule has 98 valence electrons. The zero-order valence-electron chi connectivity index (χ0n) is 10.8.